The van der Waals surface area contributed by atoms with Crippen molar-refractivity contribution >= 4 is 11.8 Å². The number of benzene rings is 2. The fraction of sp³-hybridized carbons (Fsp3) is 0.448. The van der Waals surface area contributed by atoms with Crippen molar-refractivity contribution in [1.82, 2.24) is 14.9 Å². The first-order valence-corrected chi connectivity index (χ1v) is 13.2. The Morgan fingerprint density at radius 3 is 2.35 bits per heavy atom. The number of halogens is 3. The molecule has 0 spiro atoms. The van der Waals surface area contributed by atoms with Crippen molar-refractivity contribution < 1.29 is 13.2 Å². The third-order valence-corrected chi connectivity index (χ3v) is 7.56. The number of aromatic nitrogens is 2. The van der Waals surface area contributed by atoms with Gasteiger partial charge in [-0.1, -0.05) is 38.1 Å². The van der Waals surface area contributed by atoms with Gasteiger partial charge in [-0.15, -0.1) is 0 Å². The molecular formula is C29H34F3N5. The SMILES string of the molecule is C[C@@H]1C[C@H](C)CN(C2CCN(c3ncc(-c4ccccc4F)c(NCc4ccc(F)cc4F)n3)CC2)C1. The Morgan fingerprint density at radius 2 is 1.65 bits per heavy atom. The number of piperidine rings is 2. The summed E-state index contributed by atoms with van der Waals surface area (Å²) in [5.74, 6) is 0.791. The summed E-state index contributed by atoms with van der Waals surface area (Å²) >= 11 is 0. The molecule has 2 aromatic carbocycles. The fourth-order valence-electron chi connectivity index (χ4n) is 5.82. The van der Waals surface area contributed by atoms with E-state index in [2.05, 4.69) is 33.9 Å². The van der Waals surface area contributed by atoms with Gasteiger partial charge in [0.2, 0.25) is 5.95 Å². The lowest BCUT2D eigenvalue weighted by atomic mass is 9.89. The second-order valence-corrected chi connectivity index (χ2v) is 10.6. The van der Waals surface area contributed by atoms with Crippen LogP contribution < -0.4 is 10.2 Å². The highest BCUT2D eigenvalue weighted by molar-refractivity contribution is 5.75. The first-order chi connectivity index (χ1) is 17.9. The molecule has 2 saturated heterocycles. The summed E-state index contributed by atoms with van der Waals surface area (Å²) in [6, 6.07) is 10.5. The lowest BCUT2D eigenvalue weighted by Gasteiger charge is -2.43. The van der Waals surface area contributed by atoms with Crippen LogP contribution in [0.2, 0.25) is 0 Å². The van der Waals surface area contributed by atoms with Crippen molar-refractivity contribution in [3.05, 3.63) is 71.7 Å². The number of rotatable bonds is 6. The summed E-state index contributed by atoms with van der Waals surface area (Å²) in [7, 11) is 0. The minimum absolute atomic E-state index is 0.0808. The van der Waals surface area contributed by atoms with Gasteiger partial charge in [-0.3, -0.25) is 4.90 Å². The first kappa shape index (κ1) is 25.5. The Morgan fingerprint density at radius 1 is 0.919 bits per heavy atom. The summed E-state index contributed by atoms with van der Waals surface area (Å²) in [4.78, 5) is 14.2. The molecule has 0 aliphatic carbocycles. The molecule has 8 heteroatoms. The van der Waals surface area contributed by atoms with E-state index >= 15 is 0 Å². The molecule has 0 saturated carbocycles. The zero-order valence-electron chi connectivity index (χ0n) is 21.4. The van der Waals surface area contributed by atoms with Gasteiger partial charge in [0.25, 0.3) is 0 Å². The van der Waals surface area contributed by atoms with Gasteiger partial charge in [-0.05, 0) is 43.2 Å². The molecule has 5 nitrogen and oxygen atoms in total. The quantitative estimate of drug-likeness (QED) is 0.434. The van der Waals surface area contributed by atoms with Crippen LogP contribution in [0, 0.1) is 29.3 Å². The van der Waals surface area contributed by atoms with Crippen molar-refractivity contribution in [3.8, 4) is 11.1 Å². The highest BCUT2D eigenvalue weighted by Crippen LogP contribution is 2.32. The molecule has 0 unspecified atom stereocenters. The van der Waals surface area contributed by atoms with E-state index in [-0.39, 0.29) is 12.4 Å². The van der Waals surface area contributed by atoms with Crippen LogP contribution in [0.5, 0.6) is 0 Å². The molecule has 0 radical (unpaired) electrons. The second kappa shape index (κ2) is 11.1. The van der Waals surface area contributed by atoms with E-state index in [4.69, 9.17) is 4.98 Å². The van der Waals surface area contributed by atoms with E-state index in [1.807, 2.05) is 0 Å². The maximum absolute atomic E-state index is 14.7. The monoisotopic (exact) mass is 509 g/mol. The van der Waals surface area contributed by atoms with Gasteiger partial charge >= 0.3 is 0 Å². The largest absolute Gasteiger partial charge is 0.365 e. The predicted molar refractivity (Wildman–Crippen MR) is 141 cm³/mol. The summed E-state index contributed by atoms with van der Waals surface area (Å²) < 4.78 is 42.3. The van der Waals surface area contributed by atoms with Crippen LogP contribution in [-0.4, -0.2) is 47.1 Å². The Balaban J connectivity index is 1.35. The normalized spacial score (nSPS) is 21.3. The van der Waals surface area contributed by atoms with Crippen LogP contribution in [0.3, 0.4) is 0 Å². The van der Waals surface area contributed by atoms with E-state index < -0.39 is 11.6 Å². The third-order valence-electron chi connectivity index (χ3n) is 7.56. The maximum atomic E-state index is 14.7. The maximum Gasteiger partial charge on any atom is 0.227 e. The van der Waals surface area contributed by atoms with E-state index in [0.29, 0.717) is 34.5 Å². The summed E-state index contributed by atoms with van der Waals surface area (Å²) in [5, 5.41) is 3.15. The Kier molecular flexibility index (Phi) is 7.65. The van der Waals surface area contributed by atoms with Gasteiger partial charge in [-0.2, -0.15) is 4.98 Å². The number of anilines is 2. The Hall–Kier alpha value is -3.13. The van der Waals surface area contributed by atoms with Gasteiger partial charge in [0.1, 0.15) is 23.3 Å². The minimum atomic E-state index is -0.641. The molecule has 37 heavy (non-hydrogen) atoms. The molecule has 0 amide bonds. The molecule has 2 aliphatic rings. The van der Waals surface area contributed by atoms with E-state index in [1.54, 1.807) is 24.4 Å². The Labute approximate surface area is 216 Å². The molecule has 2 aliphatic heterocycles. The predicted octanol–water partition coefficient (Wildman–Crippen LogP) is 6.12. The molecule has 0 bridgehead atoms. The summed E-state index contributed by atoms with van der Waals surface area (Å²) in [6.07, 6.45) is 5.02. The topological polar surface area (TPSA) is 44.3 Å². The smallest absolute Gasteiger partial charge is 0.227 e. The zero-order chi connectivity index (χ0) is 25.9. The van der Waals surface area contributed by atoms with Crippen molar-refractivity contribution in [2.24, 2.45) is 11.8 Å². The van der Waals surface area contributed by atoms with Gasteiger partial charge < -0.3 is 10.2 Å². The van der Waals surface area contributed by atoms with Crippen molar-refractivity contribution in [3.63, 3.8) is 0 Å². The third kappa shape index (κ3) is 5.90. The molecule has 3 heterocycles. The first-order valence-electron chi connectivity index (χ1n) is 13.2. The molecule has 1 N–H and O–H groups in total. The molecule has 196 valence electrons. The van der Waals surface area contributed by atoms with Gasteiger partial charge in [0, 0.05) is 67.7 Å². The molecular weight excluding hydrogens is 475 g/mol. The highest BCUT2D eigenvalue weighted by Gasteiger charge is 2.31. The van der Waals surface area contributed by atoms with Crippen LogP contribution in [0.25, 0.3) is 11.1 Å². The van der Waals surface area contributed by atoms with Crippen LogP contribution in [-0.2, 0) is 6.54 Å². The summed E-state index contributed by atoms with van der Waals surface area (Å²) in [6.45, 7) is 8.78. The van der Waals surface area contributed by atoms with E-state index in [9.17, 15) is 13.2 Å². The van der Waals surface area contributed by atoms with Crippen LogP contribution in [0.1, 0.15) is 38.7 Å². The number of hydrogen-bond acceptors (Lipinski definition) is 5. The lowest BCUT2D eigenvalue weighted by Crippen LogP contribution is -2.50. The van der Waals surface area contributed by atoms with Gasteiger partial charge in [0.15, 0.2) is 0 Å². The van der Waals surface area contributed by atoms with Crippen LogP contribution >= 0.6 is 0 Å². The van der Waals surface area contributed by atoms with Gasteiger partial charge in [0.05, 0.1) is 0 Å². The standard InChI is InChI=1S/C29H34F3N5/c1-19-13-20(2)18-37(17-19)23-9-11-36(12-10-23)29-34-16-25(24-5-3-4-6-26(24)31)28(35-29)33-15-21-7-8-22(30)14-27(21)32/h3-8,14,16,19-20,23H,9-13,15,17-18H2,1-2H3,(H,33,34,35)/t19-,20+. The number of hydrogen-bond donors (Lipinski definition) is 1. The fourth-order valence-corrected chi connectivity index (χ4v) is 5.82. The highest BCUT2D eigenvalue weighted by atomic mass is 19.1. The lowest BCUT2D eigenvalue weighted by molar-refractivity contribution is 0.0824. The van der Waals surface area contributed by atoms with E-state index in [0.717, 1.165) is 56.9 Å². The summed E-state index contributed by atoms with van der Waals surface area (Å²) in [5.41, 5.74) is 1.16. The molecule has 2 fully saturated rings. The van der Waals surface area contributed by atoms with Crippen LogP contribution in [0.4, 0.5) is 24.9 Å². The number of nitrogens with zero attached hydrogens (tertiary/aromatic N) is 4. The number of nitrogens with one attached hydrogen (secondary N) is 1. The minimum Gasteiger partial charge on any atom is -0.365 e. The average molecular weight is 510 g/mol. The Bertz CT molecular complexity index is 1220. The van der Waals surface area contributed by atoms with Gasteiger partial charge in [-0.25, -0.2) is 18.2 Å². The molecule has 3 aromatic rings. The van der Waals surface area contributed by atoms with Crippen LogP contribution in [0.15, 0.2) is 48.7 Å². The molecule has 2 atom stereocenters. The average Bonchev–Trinajstić information content (AvgIpc) is 2.88. The molecule has 5 rings (SSSR count). The second-order valence-electron chi connectivity index (χ2n) is 10.6. The van der Waals surface area contributed by atoms with Crippen molar-refractivity contribution in [2.75, 3.05) is 36.4 Å². The van der Waals surface area contributed by atoms with Crippen molar-refractivity contribution in [1.29, 1.82) is 0 Å². The van der Waals surface area contributed by atoms with Crippen molar-refractivity contribution in [2.45, 2.75) is 45.7 Å². The zero-order valence-corrected chi connectivity index (χ0v) is 21.4. The van der Waals surface area contributed by atoms with E-state index in [1.165, 1.54) is 24.6 Å². The number of likely N-dealkylation sites (tertiary alicyclic amines) is 1. The molecule has 1 aromatic heterocycles.